The third kappa shape index (κ3) is 9.90. The first kappa shape index (κ1) is 27.2. The van der Waals surface area contributed by atoms with Crippen molar-refractivity contribution in [2.24, 2.45) is 4.99 Å². The third-order valence-electron chi connectivity index (χ3n) is 4.35. The SMILES string of the molecule is CCNC(=NCCCc1ccc(OC)c(OCC)c1)NCCS(=O)c1ccccc1.I. The predicted octanol–water partition coefficient (Wildman–Crippen LogP) is 4.01. The van der Waals surface area contributed by atoms with Gasteiger partial charge in [0.25, 0.3) is 0 Å². The summed E-state index contributed by atoms with van der Waals surface area (Å²) >= 11 is 0. The van der Waals surface area contributed by atoms with E-state index in [4.69, 9.17) is 9.47 Å². The van der Waals surface area contributed by atoms with E-state index in [1.54, 1.807) is 7.11 Å². The van der Waals surface area contributed by atoms with Crippen LogP contribution in [0.2, 0.25) is 0 Å². The van der Waals surface area contributed by atoms with Gasteiger partial charge in [-0.05, 0) is 56.5 Å². The summed E-state index contributed by atoms with van der Waals surface area (Å²) in [4.78, 5) is 5.48. The van der Waals surface area contributed by atoms with Gasteiger partial charge in [-0.15, -0.1) is 24.0 Å². The molecule has 1 unspecified atom stereocenters. The summed E-state index contributed by atoms with van der Waals surface area (Å²) in [6.07, 6.45) is 1.83. The van der Waals surface area contributed by atoms with E-state index in [9.17, 15) is 4.21 Å². The highest BCUT2D eigenvalue weighted by atomic mass is 127. The molecule has 0 fully saturated rings. The molecule has 0 aromatic heterocycles. The zero-order valence-electron chi connectivity index (χ0n) is 18.6. The number of aliphatic imine (C=N–C) groups is 1. The van der Waals surface area contributed by atoms with Crippen LogP contribution in [0, 0.1) is 0 Å². The van der Waals surface area contributed by atoms with Gasteiger partial charge in [0.15, 0.2) is 17.5 Å². The van der Waals surface area contributed by atoms with E-state index in [0.29, 0.717) is 25.4 Å². The largest absolute Gasteiger partial charge is 0.493 e. The minimum absolute atomic E-state index is 0. The molecular weight excluding hydrogens is 525 g/mol. The maximum Gasteiger partial charge on any atom is 0.191 e. The summed E-state index contributed by atoms with van der Waals surface area (Å²) < 4.78 is 23.3. The summed E-state index contributed by atoms with van der Waals surface area (Å²) in [6, 6.07) is 15.6. The number of halogens is 1. The molecule has 2 aromatic rings. The Labute approximate surface area is 205 Å². The molecule has 0 bridgehead atoms. The van der Waals surface area contributed by atoms with Gasteiger partial charge in [0.2, 0.25) is 0 Å². The summed E-state index contributed by atoms with van der Waals surface area (Å²) in [5.41, 5.74) is 1.20. The fraction of sp³-hybridized carbons (Fsp3) is 0.435. The van der Waals surface area contributed by atoms with Gasteiger partial charge in [-0.3, -0.25) is 9.20 Å². The van der Waals surface area contributed by atoms with Crippen molar-refractivity contribution < 1.29 is 13.7 Å². The molecule has 8 heteroatoms. The quantitative estimate of drug-likeness (QED) is 0.178. The van der Waals surface area contributed by atoms with Crippen molar-refractivity contribution >= 4 is 40.7 Å². The molecule has 0 saturated carbocycles. The number of nitrogens with one attached hydrogen (secondary N) is 2. The van der Waals surface area contributed by atoms with E-state index in [2.05, 4.69) is 21.7 Å². The lowest BCUT2D eigenvalue weighted by molar-refractivity contribution is 0.310. The first-order valence-electron chi connectivity index (χ1n) is 10.4. The van der Waals surface area contributed by atoms with Crippen molar-refractivity contribution in [1.29, 1.82) is 0 Å². The maximum absolute atomic E-state index is 12.3. The smallest absolute Gasteiger partial charge is 0.191 e. The normalized spacial score (nSPS) is 11.9. The van der Waals surface area contributed by atoms with Gasteiger partial charge >= 0.3 is 0 Å². The molecule has 2 aromatic carbocycles. The number of ether oxygens (including phenoxy) is 2. The highest BCUT2D eigenvalue weighted by Gasteiger charge is 2.06. The minimum atomic E-state index is -1.01. The highest BCUT2D eigenvalue weighted by molar-refractivity contribution is 14.0. The Morgan fingerprint density at radius 1 is 1.06 bits per heavy atom. The Hall–Kier alpha value is -1.81. The Bertz CT molecular complexity index is 819. The fourth-order valence-corrected chi connectivity index (χ4v) is 3.90. The molecule has 2 rings (SSSR count). The summed E-state index contributed by atoms with van der Waals surface area (Å²) in [7, 11) is 0.639. The number of hydrogen-bond acceptors (Lipinski definition) is 4. The van der Waals surface area contributed by atoms with E-state index in [-0.39, 0.29) is 24.0 Å². The van der Waals surface area contributed by atoms with Crippen LogP contribution in [0.4, 0.5) is 0 Å². The van der Waals surface area contributed by atoms with Gasteiger partial charge in [-0.25, -0.2) is 0 Å². The average Bonchev–Trinajstić information content (AvgIpc) is 2.77. The van der Waals surface area contributed by atoms with Crippen LogP contribution < -0.4 is 20.1 Å². The Balaban J connectivity index is 0.00000480. The first-order chi connectivity index (χ1) is 14.7. The standard InChI is InChI=1S/C23H33N3O3S.HI/c1-4-24-23(26-16-17-30(27)20-11-7-6-8-12-20)25-15-9-10-19-13-14-21(28-3)22(18-19)29-5-2;/h6-8,11-14,18H,4-5,9-10,15-17H2,1-3H3,(H2,24,25,26);1H. The molecule has 0 amide bonds. The molecule has 0 spiro atoms. The number of hydrogen-bond donors (Lipinski definition) is 2. The fourth-order valence-electron chi connectivity index (χ4n) is 2.91. The molecule has 0 aliphatic rings. The molecule has 6 nitrogen and oxygen atoms in total. The van der Waals surface area contributed by atoms with Crippen molar-refractivity contribution in [2.45, 2.75) is 31.6 Å². The van der Waals surface area contributed by atoms with E-state index in [1.165, 1.54) is 5.56 Å². The van der Waals surface area contributed by atoms with Crippen LogP contribution in [-0.4, -0.2) is 49.3 Å². The first-order valence-corrected chi connectivity index (χ1v) is 11.7. The second kappa shape index (κ2) is 15.9. The predicted molar refractivity (Wildman–Crippen MR) is 140 cm³/mol. The van der Waals surface area contributed by atoms with Crippen molar-refractivity contribution in [3.8, 4) is 11.5 Å². The van der Waals surface area contributed by atoms with Crippen molar-refractivity contribution in [2.75, 3.05) is 39.1 Å². The van der Waals surface area contributed by atoms with E-state index >= 15 is 0 Å². The zero-order chi connectivity index (χ0) is 21.6. The number of nitrogens with zero attached hydrogens (tertiary/aromatic N) is 1. The van der Waals surface area contributed by atoms with Crippen molar-refractivity contribution in [3.63, 3.8) is 0 Å². The van der Waals surface area contributed by atoms with Gasteiger partial charge in [-0.1, -0.05) is 24.3 Å². The van der Waals surface area contributed by atoms with Crippen LogP contribution in [0.5, 0.6) is 11.5 Å². The second-order valence-corrected chi connectivity index (χ2v) is 8.14. The third-order valence-corrected chi connectivity index (χ3v) is 5.72. The molecule has 0 heterocycles. The average molecular weight is 560 g/mol. The number of aryl methyl sites for hydroxylation is 1. The van der Waals surface area contributed by atoms with Gasteiger partial charge in [0.05, 0.1) is 24.5 Å². The molecule has 0 aliphatic heterocycles. The number of benzene rings is 2. The Morgan fingerprint density at radius 3 is 2.52 bits per heavy atom. The summed E-state index contributed by atoms with van der Waals surface area (Å²) in [5.74, 6) is 2.83. The van der Waals surface area contributed by atoms with Gasteiger partial charge < -0.3 is 20.1 Å². The van der Waals surface area contributed by atoms with Gasteiger partial charge in [0.1, 0.15) is 0 Å². The lowest BCUT2D eigenvalue weighted by Gasteiger charge is -2.12. The van der Waals surface area contributed by atoms with E-state index in [1.807, 2.05) is 56.3 Å². The zero-order valence-corrected chi connectivity index (χ0v) is 21.7. The van der Waals surface area contributed by atoms with Crippen molar-refractivity contribution in [1.82, 2.24) is 10.6 Å². The minimum Gasteiger partial charge on any atom is -0.493 e. The molecule has 31 heavy (non-hydrogen) atoms. The molecule has 0 aliphatic carbocycles. The van der Waals surface area contributed by atoms with Gasteiger partial charge in [-0.2, -0.15) is 0 Å². The number of rotatable bonds is 12. The van der Waals surface area contributed by atoms with Crippen LogP contribution in [-0.2, 0) is 17.2 Å². The monoisotopic (exact) mass is 559 g/mol. The summed E-state index contributed by atoms with van der Waals surface area (Å²) in [6.45, 7) is 6.69. The topological polar surface area (TPSA) is 72.0 Å². The Morgan fingerprint density at radius 2 is 1.84 bits per heavy atom. The van der Waals surface area contributed by atoms with Crippen LogP contribution in [0.15, 0.2) is 58.4 Å². The maximum atomic E-state index is 12.3. The molecule has 2 N–H and O–H groups in total. The van der Waals surface area contributed by atoms with Crippen LogP contribution in [0.3, 0.4) is 0 Å². The van der Waals surface area contributed by atoms with E-state index in [0.717, 1.165) is 41.7 Å². The van der Waals surface area contributed by atoms with Gasteiger partial charge in [0, 0.05) is 30.3 Å². The molecular formula is C23H34IN3O3S. The van der Waals surface area contributed by atoms with Crippen LogP contribution in [0.25, 0.3) is 0 Å². The second-order valence-electron chi connectivity index (χ2n) is 6.57. The Kier molecular flexibility index (Phi) is 14.0. The summed E-state index contributed by atoms with van der Waals surface area (Å²) in [5, 5.41) is 6.51. The molecule has 0 radical (unpaired) electrons. The lowest BCUT2D eigenvalue weighted by Crippen LogP contribution is -2.39. The van der Waals surface area contributed by atoms with Crippen molar-refractivity contribution in [3.05, 3.63) is 54.1 Å². The number of guanidine groups is 1. The lowest BCUT2D eigenvalue weighted by atomic mass is 10.1. The van der Waals surface area contributed by atoms with E-state index < -0.39 is 10.8 Å². The van der Waals surface area contributed by atoms with Crippen LogP contribution in [0.1, 0.15) is 25.8 Å². The number of methoxy groups -OCH3 is 1. The molecule has 1 atom stereocenters. The van der Waals surface area contributed by atoms with Crippen LogP contribution >= 0.6 is 24.0 Å². The highest BCUT2D eigenvalue weighted by Crippen LogP contribution is 2.28. The molecule has 172 valence electrons. The molecule has 0 saturated heterocycles.